The van der Waals surface area contributed by atoms with Gasteiger partial charge in [-0.2, -0.15) is 0 Å². The molecule has 2 fully saturated rings. The molecular weight excluding hydrogens is 427 g/mol. The molecule has 0 bridgehead atoms. The van der Waals surface area contributed by atoms with Gasteiger partial charge in [0.15, 0.2) is 11.6 Å². The van der Waals surface area contributed by atoms with Gasteiger partial charge >= 0.3 is 0 Å². The fraction of sp³-hybridized carbons (Fsp3) is 0.400. The second-order valence-corrected chi connectivity index (χ2v) is 9.91. The van der Waals surface area contributed by atoms with Crippen LogP contribution >= 0.6 is 11.3 Å². The fourth-order valence-corrected chi connectivity index (χ4v) is 5.30. The van der Waals surface area contributed by atoms with E-state index in [2.05, 4.69) is 11.9 Å². The molecule has 1 saturated carbocycles. The van der Waals surface area contributed by atoms with Crippen LogP contribution in [0.5, 0.6) is 11.5 Å². The first-order valence-corrected chi connectivity index (χ1v) is 12.0. The number of halogens is 1. The minimum atomic E-state index is -0.509. The first-order chi connectivity index (χ1) is 15.5. The molecule has 0 N–H and O–H groups in total. The van der Waals surface area contributed by atoms with E-state index in [9.17, 15) is 14.0 Å². The molecule has 5 nitrogen and oxygen atoms in total. The van der Waals surface area contributed by atoms with Crippen LogP contribution < -0.4 is 4.74 Å². The minimum Gasteiger partial charge on any atom is -0.453 e. The maximum absolute atomic E-state index is 14.7. The predicted octanol–water partition coefficient (Wildman–Crippen LogP) is 5.76. The highest BCUT2D eigenvalue weighted by atomic mass is 32.1. The SMILES string of the molecule is C[C@@H]1CCCN1C(=O)c1cc2nccc(Oc3ccc(CC(=O)CC4CC4)cc3F)c2s1. The Morgan fingerprint density at radius 3 is 2.75 bits per heavy atom. The van der Waals surface area contributed by atoms with Crippen molar-refractivity contribution >= 4 is 33.2 Å². The monoisotopic (exact) mass is 452 g/mol. The number of nitrogens with zero attached hydrogens (tertiary/aromatic N) is 2. The average Bonchev–Trinajstić information content (AvgIpc) is 3.29. The van der Waals surface area contributed by atoms with Gasteiger partial charge in [0.2, 0.25) is 0 Å². The van der Waals surface area contributed by atoms with E-state index in [0.29, 0.717) is 38.7 Å². The molecule has 1 aliphatic heterocycles. The number of hydrogen-bond donors (Lipinski definition) is 0. The number of hydrogen-bond acceptors (Lipinski definition) is 5. The Labute approximate surface area is 190 Å². The topological polar surface area (TPSA) is 59.5 Å². The van der Waals surface area contributed by atoms with Gasteiger partial charge < -0.3 is 9.64 Å². The zero-order valence-corrected chi connectivity index (χ0v) is 18.8. The molecule has 5 rings (SSSR count). The average molecular weight is 453 g/mol. The molecule has 1 amide bonds. The number of benzene rings is 1. The van der Waals surface area contributed by atoms with Crippen LogP contribution in [0.15, 0.2) is 36.5 Å². The lowest BCUT2D eigenvalue weighted by molar-refractivity contribution is -0.118. The van der Waals surface area contributed by atoms with E-state index in [4.69, 9.17) is 4.74 Å². The second-order valence-electron chi connectivity index (χ2n) is 8.85. The van der Waals surface area contributed by atoms with Gasteiger partial charge in [0.25, 0.3) is 5.91 Å². The number of ether oxygens (including phenoxy) is 1. The summed E-state index contributed by atoms with van der Waals surface area (Å²) >= 11 is 1.32. The van der Waals surface area contributed by atoms with E-state index >= 15 is 0 Å². The number of pyridine rings is 1. The van der Waals surface area contributed by atoms with Gasteiger partial charge in [0, 0.05) is 37.7 Å². The van der Waals surface area contributed by atoms with Gasteiger partial charge in [-0.3, -0.25) is 14.6 Å². The Morgan fingerprint density at radius 2 is 2.03 bits per heavy atom. The third kappa shape index (κ3) is 4.39. The molecule has 166 valence electrons. The van der Waals surface area contributed by atoms with Crippen LogP contribution in [0.4, 0.5) is 4.39 Å². The van der Waals surface area contributed by atoms with Crippen LogP contribution in [0.3, 0.4) is 0 Å². The number of carbonyl (C=O) groups excluding carboxylic acids is 2. The molecule has 1 aromatic carbocycles. The fourth-order valence-electron chi connectivity index (χ4n) is 4.28. The van der Waals surface area contributed by atoms with E-state index in [1.165, 1.54) is 17.4 Å². The number of thiophene rings is 1. The van der Waals surface area contributed by atoms with Gasteiger partial charge in [-0.25, -0.2) is 4.39 Å². The van der Waals surface area contributed by atoms with Crippen LogP contribution in [-0.2, 0) is 11.2 Å². The zero-order valence-electron chi connectivity index (χ0n) is 18.0. The van der Waals surface area contributed by atoms with E-state index in [-0.39, 0.29) is 29.9 Å². The molecule has 0 unspecified atom stereocenters. The van der Waals surface area contributed by atoms with Crippen molar-refractivity contribution in [2.45, 2.75) is 51.5 Å². The van der Waals surface area contributed by atoms with Crippen molar-refractivity contribution in [1.82, 2.24) is 9.88 Å². The highest BCUT2D eigenvalue weighted by Gasteiger charge is 2.28. The molecule has 2 aromatic heterocycles. The van der Waals surface area contributed by atoms with E-state index in [1.807, 2.05) is 4.90 Å². The Hall–Kier alpha value is -2.80. The normalized spacial score (nSPS) is 18.3. The Balaban J connectivity index is 1.35. The van der Waals surface area contributed by atoms with E-state index in [1.54, 1.807) is 30.5 Å². The number of carbonyl (C=O) groups is 2. The van der Waals surface area contributed by atoms with E-state index in [0.717, 1.165) is 32.2 Å². The molecule has 32 heavy (non-hydrogen) atoms. The molecular formula is C25H25FN2O3S. The molecule has 2 aliphatic rings. The van der Waals surface area contributed by atoms with Crippen LogP contribution in [0.1, 0.15) is 54.3 Å². The highest BCUT2D eigenvalue weighted by Crippen LogP contribution is 2.37. The first-order valence-electron chi connectivity index (χ1n) is 11.2. The Kier molecular flexibility index (Phi) is 5.67. The maximum Gasteiger partial charge on any atom is 0.264 e. The van der Waals surface area contributed by atoms with Crippen LogP contribution in [0.2, 0.25) is 0 Å². The van der Waals surface area contributed by atoms with Crippen LogP contribution in [0.25, 0.3) is 10.2 Å². The Bertz CT molecular complexity index is 1190. The molecule has 1 aliphatic carbocycles. The lowest BCUT2D eigenvalue weighted by Crippen LogP contribution is -2.32. The Morgan fingerprint density at radius 1 is 1.19 bits per heavy atom. The zero-order chi connectivity index (χ0) is 22.2. The molecule has 1 atom stereocenters. The van der Waals surface area contributed by atoms with Gasteiger partial charge in [-0.05, 0) is 62.3 Å². The first kappa shape index (κ1) is 21.1. The van der Waals surface area contributed by atoms with Gasteiger partial charge in [-0.15, -0.1) is 11.3 Å². The number of ketones is 1. The second kappa shape index (κ2) is 8.62. The summed E-state index contributed by atoms with van der Waals surface area (Å²) in [5.41, 5.74) is 1.31. The van der Waals surface area contributed by atoms with Crippen LogP contribution in [-0.4, -0.2) is 34.2 Å². The van der Waals surface area contributed by atoms with Crippen LogP contribution in [0, 0.1) is 11.7 Å². The number of Topliss-reactive ketones (excluding diaryl/α,β-unsaturated/α-hetero) is 1. The summed E-state index contributed by atoms with van der Waals surface area (Å²) in [7, 11) is 0. The lowest BCUT2D eigenvalue weighted by Gasteiger charge is -2.20. The summed E-state index contributed by atoms with van der Waals surface area (Å²) in [5, 5.41) is 0. The number of likely N-dealkylation sites (tertiary alicyclic amines) is 1. The smallest absolute Gasteiger partial charge is 0.264 e. The summed E-state index contributed by atoms with van der Waals surface area (Å²) in [6, 6.07) is 8.37. The maximum atomic E-state index is 14.7. The summed E-state index contributed by atoms with van der Waals surface area (Å²) in [4.78, 5) is 31.9. The number of rotatable bonds is 7. The van der Waals surface area contributed by atoms with Crippen molar-refractivity contribution in [3.05, 3.63) is 52.8 Å². The van der Waals surface area contributed by atoms with Crippen molar-refractivity contribution in [3.8, 4) is 11.5 Å². The summed E-state index contributed by atoms with van der Waals surface area (Å²) in [6.45, 7) is 2.84. The quantitative estimate of drug-likeness (QED) is 0.457. The summed E-state index contributed by atoms with van der Waals surface area (Å²) in [6.07, 6.45) is 6.72. The largest absolute Gasteiger partial charge is 0.453 e. The number of fused-ring (bicyclic) bond motifs is 1. The van der Waals surface area contributed by atoms with Crippen molar-refractivity contribution in [1.29, 1.82) is 0 Å². The molecule has 0 spiro atoms. The van der Waals surface area contributed by atoms with Gasteiger partial charge in [-0.1, -0.05) is 6.07 Å². The number of amides is 1. The highest BCUT2D eigenvalue weighted by molar-refractivity contribution is 7.21. The third-order valence-corrected chi connectivity index (χ3v) is 7.36. The van der Waals surface area contributed by atoms with Gasteiger partial charge in [0.05, 0.1) is 15.1 Å². The summed E-state index contributed by atoms with van der Waals surface area (Å²) < 4.78 is 21.3. The minimum absolute atomic E-state index is 0.00958. The lowest BCUT2D eigenvalue weighted by atomic mass is 10.0. The molecule has 1 saturated heterocycles. The van der Waals surface area contributed by atoms with Crippen molar-refractivity contribution < 1.29 is 18.7 Å². The third-order valence-electron chi connectivity index (χ3n) is 6.23. The molecule has 0 radical (unpaired) electrons. The number of aromatic nitrogens is 1. The predicted molar refractivity (Wildman–Crippen MR) is 122 cm³/mol. The van der Waals surface area contributed by atoms with E-state index < -0.39 is 5.82 Å². The van der Waals surface area contributed by atoms with Crippen molar-refractivity contribution in [2.24, 2.45) is 5.92 Å². The standard InChI is InChI=1S/C25H25FN2O3S/c1-15-3-2-10-28(15)25(30)23-14-20-24(32-23)22(8-9-27-20)31-21-7-6-17(13-19(21)26)12-18(29)11-16-4-5-16/h6-9,13-16H,2-5,10-12H2,1H3/t15-/m1/s1. The van der Waals surface area contributed by atoms with Gasteiger partial charge in [0.1, 0.15) is 11.5 Å². The van der Waals surface area contributed by atoms with Crippen molar-refractivity contribution in [3.63, 3.8) is 0 Å². The summed E-state index contributed by atoms with van der Waals surface area (Å²) in [5.74, 6) is 0.732. The molecule has 7 heteroatoms. The van der Waals surface area contributed by atoms with Crippen molar-refractivity contribution in [2.75, 3.05) is 6.54 Å². The molecule has 3 aromatic rings. The molecule has 3 heterocycles.